The van der Waals surface area contributed by atoms with E-state index in [2.05, 4.69) is 0 Å². The first kappa shape index (κ1) is 11.5. The molecule has 0 unspecified atom stereocenters. The SMILES string of the molecule is CCOC(=O)C12CC(C(=O)c3ccccc3)(C1)C2. The Hall–Kier alpha value is -1.64. The summed E-state index contributed by atoms with van der Waals surface area (Å²) in [6, 6.07) is 9.35. The van der Waals surface area contributed by atoms with Crippen molar-refractivity contribution in [3.8, 4) is 0 Å². The maximum absolute atomic E-state index is 12.4. The molecule has 0 aromatic heterocycles. The Balaban J connectivity index is 1.70. The number of carbonyl (C=O) groups excluding carboxylic acids is 2. The number of rotatable bonds is 4. The largest absolute Gasteiger partial charge is 0.466 e. The lowest BCUT2D eigenvalue weighted by molar-refractivity contribution is -0.209. The molecule has 3 nitrogen and oxygen atoms in total. The standard InChI is InChI=1S/C15H16O3/c1-2-18-13(17)15-8-14(9-15,10-15)12(16)11-6-4-3-5-7-11/h3-7H,2,8-10H2,1H3. The zero-order chi connectivity index (χ0) is 12.8. The Morgan fingerprint density at radius 3 is 2.28 bits per heavy atom. The molecular formula is C15H16O3. The molecule has 0 radical (unpaired) electrons. The lowest BCUT2D eigenvalue weighted by Gasteiger charge is -2.67. The average Bonchev–Trinajstić information content (AvgIpc) is 2.27. The number of benzene rings is 1. The van der Waals surface area contributed by atoms with Crippen molar-refractivity contribution in [2.75, 3.05) is 6.61 Å². The lowest BCUT2D eigenvalue weighted by atomic mass is 9.33. The Labute approximate surface area is 106 Å². The monoisotopic (exact) mass is 244 g/mol. The Morgan fingerprint density at radius 1 is 1.11 bits per heavy atom. The zero-order valence-electron chi connectivity index (χ0n) is 10.4. The smallest absolute Gasteiger partial charge is 0.312 e. The van der Waals surface area contributed by atoms with Crippen LogP contribution in [0.25, 0.3) is 0 Å². The molecule has 0 spiro atoms. The minimum Gasteiger partial charge on any atom is -0.466 e. The highest BCUT2D eigenvalue weighted by Gasteiger charge is 2.75. The molecule has 3 aliphatic rings. The van der Waals surface area contributed by atoms with Gasteiger partial charge >= 0.3 is 5.97 Å². The van der Waals surface area contributed by atoms with Crippen molar-refractivity contribution in [2.24, 2.45) is 10.8 Å². The van der Waals surface area contributed by atoms with Gasteiger partial charge in [-0.25, -0.2) is 0 Å². The van der Waals surface area contributed by atoms with E-state index in [1.165, 1.54) is 0 Å². The van der Waals surface area contributed by atoms with Crippen molar-refractivity contribution >= 4 is 11.8 Å². The Morgan fingerprint density at radius 2 is 1.72 bits per heavy atom. The number of ketones is 1. The van der Waals surface area contributed by atoms with E-state index in [0.717, 1.165) is 5.56 Å². The van der Waals surface area contributed by atoms with Gasteiger partial charge in [-0.15, -0.1) is 0 Å². The maximum atomic E-state index is 12.4. The molecule has 0 N–H and O–H groups in total. The summed E-state index contributed by atoms with van der Waals surface area (Å²) < 4.78 is 5.07. The third-order valence-electron chi connectivity index (χ3n) is 4.26. The molecule has 0 saturated heterocycles. The molecule has 3 saturated carbocycles. The van der Waals surface area contributed by atoms with Gasteiger partial charge in [-0.2, -0.15) is 0 Å². The van der Waals surface area contributed by atoms with Gasteiger partial charge in [0.15, 0.2) is 5.78 Å². The summed E-state index contributed by atoms with van der Waals surface area (Å²) in [4.78, 5) is 24.1. The van der Waals surface area contributed by atoms with Gasteiger partial charge in [-0.1, -0.05) is 30.3 Å². The molecular weight excluding hydrogens is 228 g/mol. The predicted octanol–water partition coefficient (Wildman–Crippen LogP) is 2.60. The minimum absolute atomic E-state index is 0.118. The highest BCUT2D eigenvalue weighted by atomic mass is 16.5. The van der Waals surface area contributed by atoms with E-state index in [1.54, 1.807) is 0 Å². The highest BCUT2D eigenvalue weighted by molar-refractivity contribution is 6.05. The minimum atomic E-state index is -0.333. The maximum Gasteiger partial charge on any atom is 0.312 e. The molecule has 94 valence electrons. The quantitative estimate of drug-likeness (QED) is 0.604. The predicted molar refractivity (Wildman–Crippen MR) is 66.1 cm³/mol. The summed E-state index contributed by atoms with van der Waals surface area (Å²) in [6.07, 6.45) is 2.02. The second-order valence-electron chi connectivity index (χ2n) is 5.51. The van der Waals surface area contributed by atoms with E-state index >= 15 is 0 Å². The first-order chi connectivity index (χ1) is 8.62. The van der Waals surface area contributed by atoms with Gasteiger partial charge in [-0.05, 0) is 26.2 Å². The molecule has 3 aliphatic carbocycles. The van der Waals surface area contributed by atoms with E-state index in [1.807, 2.05) is 37.3 Å². The number of esters is 1. The van der Waals surface area contributed by atoms with Crippen molar-refractivity contribution < 1.29 is 14.3 Å². The average molecular weight is 244 g/mol. The first-order valence-corrected chi connectivity index (χ1v) is 6.39. The third-order valence-corrected chi connectivity index (χ3v) is 4.26. The number of Topliss-reactive ketones (excluding diaryl/α,β-unsaturated/α-hetero) is 1. The molecule has 0 amide bonds. The van der Waals surface area contributed by atoms with Crippen LogP contribution in [0.2, 0.25) is 0 Å². The molecule has 0 heterocycles. The van der Waals surface area contributed by atoms with Crippen LogP contribution in [0.15, 0.2) is 30.3 Å². The molecule has 4 rings (SSSR count). The van der Waals surface area contributed by atoms with Crippen molar-refractivity contribution in [3.05, 3.63) is 35.9 Å². The second-order valence-corrected chi connectivity index (χ2v) is 5.51. The van der Waals surface area contributed by atoms with Gasteiger partial charge in [0.1, 0.15) is 0 Å². The van der Waals surface area contributed by atoms with Gasteiger partial charge in [0.25, 0.3) is 0 Å². The van der Waals surface area contributed by atoms with Gasteiger partial charge < -0.3 is 4.74 Å². The van der Waals surface area contributed by atoms with Crippen LogP contribution in [0, 0.1) is 10.8 Å². The van der Waals surface area contributed by atoms with E-state index in [0.29, 0.717) is 25.9 Å². The highest BCUT2D eigenvalue weighted by Crippen LogP contribution is 2.74. The fraction of sp³-hybridized carbons (Fsp3) is 0.467. The number of carbonyl (C=O) groups is 2. The van der Waals surface area contributed by atoms with Crippen LogP contribution in [-0.4, -0.2) is 18.4 Å². The van der Waals surface area contributed by atoms with Crippen molar-refractivity contribution in [3.63, 3.8) is 0 Å². The summed E-state index contributed by atoms with van der Waals surface area (Å²) in [5.74, 6) is 0.0713. The van der Waals surface area contributed by atoms with Gasteiger partial charge in [0.05, 0.1) is 12.0 Å². The zero-order valence-corrected chi connectivity index (χ0v) is 10.4. The van der Waals surface area contributed by atoms with Gasteiger partial charge in [0.2, 0.25) is 0 Å². The normalized spacial score (nSPS) is 32.1. The van der Waals surface area contributed by atoms with Crippen LogP contribution < -0.4 is 0 Å². The second kappa shape index (κ2) is 3.67. The number of hydrogen-bond donors (Lipinski definition) is 0. The van der Waals surface area contributed by atoms with E-state index < -0.39 is 0 Å². The molecule has 2 bridgehead atoms. The fourth-order valence-electron chi connectivity index (χ4n) is 3.43. The molecule has 1 aromatic rings. The third kappa shape index (κ3) is 1.36. The molecule has 18 heavy (non-hydrogen) atoms. The summed E-state index contributed by atoms with van der Waals surface area (Å²) in [5.41, 5.74) is 0.156. The molecule has 1 aromatic carbocycles. The summed E-state index contributed by atoms with van der Waals surface area (Å²) in [5, 5.41) is 0. The molecule has 3 heteroatoms. The van der Waals surface area contributed by atoms with Crippen LogP contribution in [-0.2, 0) is 9.53 Å². The molecule has 0 atom stereocenters. The van der Waals surface area contributed by atoms with Gasteiger partial charge in [-0.3, -0.25) is 9.59 Å². The Bertz CT molecular complexity index is 484. The summed E-state index contributed by atoms with van der Waals surface area (Å²) in [6.45, 7) is 2.23. The van der Waals surface area contributed by atoms with Crippen LogP contribution in [0.5, 0.6) is 0 Å². The summed E-state index contributed by atoms with van der Waals surface area (Å²) >= 11 is 0. The van der Waals surface area contributed by atoms with E-state index in [-0.39, 0.29) is 22.6 Å². The van der Waals surface area contributed by atoms with Crippen molar-refractivity contribution in [1.82, 2.24) is 0 Å². The van der Waals surface area contributed by atoms with Crippen LogP contribution in [0.1, 0.15) is 36.5 Å². The van der Waals surface area contributed by atoms with Gasteiger partial charge in [0, 0.05) is 11.0 Å². The van der Waals surface area contributed by atoms with E-state index in [4.69, 9.17) is 4.74 Å². The fourth-order valence-corrected chi connectivity index (χ4v) is 3.43. The van der Waals surface area contributed by atoms with Crippen LogP contribution >= 0.6 is 0 Å². The molecule has 0 aliphatic heterocycles. The number of hydrogen-bond acceptors (Lipinski definition) is 3. The van der Waals surface area contributed by atoms with Crippen LogP contribution in [0.4, 0.5) is 0 Å². The number of ether oxygens (including phenoxy) is 1. The lowest BCUT2D eigenvalue weighted by Crippen LogP contribution is -2.68. The first-order valence-electron chi connectivity index (χ1n) is 6.39. The van der Waals surface area contributed by atoms with Crippen LogP contribution in [0.3, 0.4) is 0 Å². The summed E-state index contributed by atoms with van der Waals surface area (Å²) in [7, 11) is 0. The topological polar surface area (TPSA) is 43.4 Å². The molecule has 3 fully saturated rings. The Kier molecular flexibility index (Phi) is 2.34. The van der Waals surface area contributed by atoms with Crippen molar-refractivity contribution in [2.45, 2.75) is 26.2 Å². The van der Waals surface area contributed by atoms with E-state index in [9.17, 15) is 9.59 Å². The van der Waals surface area contributed by atoms with Crippen molar-refractivity contribution in [1.29, 1.82) is 0 Å².